The number of aryl methyl sites for hydroxylation is 1. The van der Waals surface area contributed by atoms with Gasteiger partial charge in [-0.05, 0) is 54.4 Å². The average molecular weight is 404 g/mol. The van der Waals surface area contributed by atoms with Gasteiger partial charge in [0.25, 0.3) is 5.91 Å². The molecule has 154 valence electrons. The molecule has 1 N–H and O–H groups in total. The molecule has 0 aliphatic carbocycles. The third-order valence-electron chi connectivity index (χ3n) is 5.31. The summed E-state index contributed by atoms with van der Waals surface area (Å²) in [7, 11) is 4.83. The quantitative estimate of drug-likeness (QED) is 0.662. The number of para-hydroxylation sites is 1. The van der Waals surface area contributed by atoms with Crippen molar-refractivity contribution in [1.29, 1.82) is 0 Å². The summed E-state index contributed by atoms with van der Waals surface area (Å²) in [5.74, 6) is 1.91. The van der Waals surface area contributed by atoms with Crippen molar-refractivity contribution in [2.24, 2.45) is 0 Å². The highest BCUT2D eigenvalue weighted by Crippen LogP contribution is 2.42. The molecule has 1 atom stereocenters. The highest BCUT2D eigenvalue weighted by molar-refractivity contribution is 6.12. The molecule has 0 fully saturated rings. The summed E-state index contributed by atoms with van der Waals surface area (Å²) in [4.78, 5) is 15.3. The molecule has 30 heavy (non-hydrogen) atoms. The number of anilines is 2. The standard InChI is InChI=1S/C24H24N2O4/c1-15-13-16(9-12-21(15)29-3)23-25-19-8-6-5-7-18(19)24(27)26(23)20-11-10-17(28-2)14-22(20)30-4/h5-14,23,25H,1-4H3. The van der Waals surface area contributed by atoms with Crippen LogP contribution in [0.5, 0.6) is 17.2 Å². The van der Waals surface area contributed by atoms with Crippen LogP contribution in [0.4, 0.5) is 11.4 Å². The number of carbonyl (C=O) groups excluding carboxylic acids is 1. The van der Waals surface area contributed by atoms with Gasteiger partial charge in [0.1, 0.15) is 23.4 Å². The lowest BCUT2D eigenvalue weighted by molar-refractivity contribution is 0.0974. The first kappa shape index (κ1) is 19.6. The van der Waals surface area contributed by atoms with E-state index >= 15 is 0 Å². The second-order valence-electron chi connectivity index (χ2n) is 7.03. The molecule has 1 amide bonds. The number of nitrogens with one attached hydrogen (secondary N) is 1. The number of nitrogens with zero attached hydrogens (tertiary/aromatic N) is 1. The normalized spacial score (nSPS) is 15.3. The molecule has 1 unspecified atom stereocenters. The molecule has 1 aliphatic rings. The van der Waals surface area contributed by atoms with Crippen molar-refractivity contribution in [2.75, 3.05) is 31.5 Å². The molecule has 0 saturated heterocycles. The van der Waals surface area contributed by atoms with Crippen LogP contribution >= 0.6 is 0 Å². The monoisotopic (exact) mass is 404 g/mol. The van der Waals surface area contributed by atoms with Gasteiger partial charge in [-0.1, -0.05) is 18.2 Å². The second kappa shape index (κ2) is 7.99. The largest absolute Gasteiger partial charge is 0.497 e. The predicted octanol–water partition coefficient (Wildman–Crippen LogP) is 4.79. The average Bonchev–Trinajstić information content (AvgIpc) is 2.78. The lowest BCUT2D eigenvalue weighted by Gasteiger charge is -2.38. The molecule has 0 spiro atoms. The summed E-state index contributed by atoms with van der Waals surface area (Å²) in [6, 6.07) is 18.9. The Morgan fingerprint density at radius 2 is 1.63 bits per heavy atom. The summed E-state index contributed by atoms with van der Waals surface area (Å²) in [6.45, 7) is 1.99. The molecule has 0 radical (unpaired) electrons. The number of ether oxygens (including phenoxy) is 3. The molecule has 1 aliphatic heterocycles. The summed E-state index contributed by atoms with van der Waals surface area (Å²) in [6.07, 6.45) is -0.417. The molecule has 3 aromatic rings. The van der Waals surface area contributed by atoms with Crippen molar-refractivity contribution in [3.05, 3.63) is 77.4 Å². The van der Waals surface area contributed by atoms with Crippen LogP contribution in [-0.4, -0.2) is 27.2 Å². The third kappa shape index (κ3) is 3.30. The Hall–Kier alpha value is -3.67. The Kier molecular flexibility index (Phi) is 5.23. The van der Waals surface area contributed by atoms with Crippen molar-refractivity contribution in [3.63, 3.8) is 0 Å². The van der Waals surface area contributed by atoms with Crippen molar-refractivity contribution >= 4 is 17.3 Å². The van der Waals surface area contributed by atoms with Gasteiger partial charge in [-0.3, -0.25) is 9.69 Å². The Balaban J connectivity index is 1.88. The topological polar surface area (TPSA) is 60.0 Å². The van der Waals surface area contributed by atoms with E-state index in [1.54, 1.807) is 32.3 Å². The number of methoxy groups -OCH3 is 3. The van der Waals surface area contributed by atoms with Gasteiger partial charge in [-0.25, -0.2) is 0 Å². The Bertz CT molecular complexity index is 1100. The zero-order chi connectivity index (χ0) is 21.3. The molecule has 0 aromatic heterocycles. The maximum absolute atomic E-state index is 13.6. The van der Waals surface area contributed by atoms with E-state index in [4.69, 9.17) is 14.2 Å². The Morgan fingerprint density at radius 3 is 2.33 bits per heavy atom. The van der Waals surface area contributed by atoms with Crippen LogP contribution in [0.25, 0.3) is 0 Å². The van der Waals surface area contributed by atoms with Gasteiger partial charge in [0.2, 0.25) is 0 Å². The minimum atomic E-state index is -0.417. The summed E-state index contributed by atoms with van der Waals surface area (Å²) in [5, 5.41) is 3.51. The predicted molar refractivity (Wildman–Crippen MR) is 117 cm³/mol. The van der Waals surface area contributed by atoms with Gasteiger partial charge in [-0.2, -0.15) is 0 Å². The summed E-state index contributed by atoms with van der Waals surface area (Å²) in [5.41, 5.74) is 3.99. The van der Waals surface area contributed by atoms with Gasteiger partial charge in [-0.15, -0.1) is 0 Å². The fourth-order valence-corrected chi connectivity index (χ4v) is 3.79. The molecular formula is C24H24N2O4. The highest BCUT2D eigenvalue weighted by Gasteiger charge is 2.35. The number of fused-ring (bicyclic) bond motifs is 1. The minimum Gasteiger partial charge on any atom is -0.497 e. The molecular weight excluding hydrogens is 380 g/mol. The van der Waals surface area contributed by atoms with Crippen LogP contribution in [0.15, 0.2) is 60.7 Å². The molecule has 1 heterocycles. The SMILES string of the molecule is COc1ccc(N2C(=O)c3ccccc3NC2c2ccc(OC)c(C)c2)c(OC)c1. The fourth-order valence-electron chi connectivity index (χ4n) is 3.79. The van der Waals surface area contributed by atoms with Crippen molar-refractivity contribution in [1.82, 2.24) is 0 Å². The molecule has 0 bridgehead atoms. The first-order valence-corrected chi connectivity index (χ1v) is 9.63. The molecule has 6 heteroatoms. The summed E-state index contributed by atoms with van der Waals surface area (Å²) < 4.78 is 16.3. The number of carbonyl (C=O) groups is 1. The number of hydrogen-bond donors (Lipinski definition) is 1. The Labute approximate surface area is 176 Å². The molecule has 6 nitrogen and oxygen atoms in total. The smallest absolute Gasteiger partial charge is 0.262 e. The van der Waals surface area contributed by atoms with Crippen LogP contribution < -0.4 is 24.4 Å². The fraction of sp³-hybridized carbons (Fsp3) is 0.208. The van der Waals surface area contributed by atoms with Gasteiger partial charge in [0.15, 0.2) is 0 Å². The van der Waals surface area contributed by atoms with Crippen LogP contribution in [0.1, 0.15) is 27.7 Å². The first-order valence-electron chi connectivity index (χ1n) is 9.63. The molecule has 4 rings (SSSR count). The lowest BCUT2D eigenvalue weighted by atomic mass is 10.0. The Morgan fingerprint density at radius 1 is 0.867 bits per heavy atom. The maximum Gasteiger partial charge on any atom is 0.262 e. The van der Waals surface area contributed by atoms with E-state index in [0.29, 0.717) is 22.7 Å². The minimum absolute atomic E-state index is 0.105. The van der Waals surface area contributed by atoms with Crippen LogP contribution in [0, 0.1) is 6.92 Å². The van der Waals surface area contributed by atoms with E-state index in [9.17, 15) is 4.79 Å². The van der Waals surface area contributed by atoms with E-state index in [-0.39, 0.29) is 5.91 Å². The van der Waals surface area contributed by atoms with E-state index in [2.05, 4.69) is 5.32 Å². The van der Waals surface area contributed by atoms with E-state index in [0.717, 1.165) is 22.6 Å². The van der Waals surface area contributed by atoms with E-state index < -0.39 is 6.17 Å². The van der Waals surface area contributed by atoms with Crippen LogP contribution in [-0.2, 0) is 0 Å². The zero-order valence-corrected chi connectivity index (χ0v) is 17.4. The molecule has 0 saturated carbocycles. The number of amides is 1. The number of rotatable bonds is 5. The van der Waals surface area contributed by atoms with Crippen molar-refractivity contribution < 1.29 is 19.0 Å². The van der Waals surface area contributed by atoms with Crippen LogP contribution in [0.3, 0.4) is 0 Å². The van der Waals surface area contributed by atoms with Gasteiger partial charge >= 0.3 is 0 Å². The lowest BCUT2D eigenvalue weighted by Crippen LogP contribution is -2.43. The number of benzene rings is 3. The van der Waals surface area contributed by atoms with Crippen LogP contribution in [0.2, 0.25) is 0 Å². The van der Waals surface area contributed by atoms with Gasteiger partial charge < -0.3 is 19.5 Å². The molecule has 3 aromatic carbocycles. The summed E-state index contributed by atoms with van der Waals surface area (Å²) >= 11 is 0. The first-order chi connectivity index (χ1) is 14.6. The van der Waals surface area contributed by atoms with E-state index in [1.165, 1.54) is 0 Å². The van der Waals surface area contributed by atoms with E-state index in [1.807, 2.05) is 61.5 Å². The highest BCUT2D eigenvalue weighted by atomic mass is 16.5. The van der Waals surface area contributed by atoms with Gasteiger partial charge in [0, 0.05) is 11.8 Å². The third-order valence-corrected chi connectivity index (χ3v) is 5.31. The van der Waals surface area contributed by atoms with Crippen molar-refractivity contribution in [2.45, 2.75) is 13.1 Å². The number of hydrogen-bond acceptors (Lipinski definition) is 5. The zero-order valence-electron chi connectivity index (χ0n) is 17.4. The second-order valence-corrected chi connectivity index (χ2v) is 7.03. The maximum atomic E-state index is 13.6. The van der Waals surface area contributed by atoms with Gasteiger partial charge in [0.05, 0.1) is 32.6 Å². The van der Waals surface area contributed by atoms with Crippen molar-refractivity contribution in [3.8, 4) is 17.2 Å².